The first kappa shape index (κ1) is 31.1. The Morgan fingerprint density at radius 1 is 1.11 bits per heavy atom. The maximum atomic E-state index is 13.0. The number of amides is 3. The Labute approximate surface area is 259 Å². The lowest BCUT2D eigenvalue weighted by molar-refractivity contribution is -0.130. The van der Waals surface area contributed by atoms with Crippen LogP contribution in [-0.2, 0) is 9.59 Å². The predicted octanol–water partition coefficient (Wildman–Crippen LogP) is 1.30. The summed E-state index contributed by atoms with van der Waals surface area (Å²) in [4.78, 5) is 50.0. The summed E-state index contributed by atoms with van der Waals surface area (Å²) in [5.41, 5.74) is 1.30. The van der Waals surface area contributed by atoms with Gasteiger partial charge in [-0.3, -0.25) is 19.3 Å². The molecule has 3 amide bonds. The second-order valence-corrected chi connectivity index (χ2v) is 11.0. The minimum atomic E-state index is -1.97. The van der Waals surface area contributed by atoms with E-state index in [9.17, 15) is 14.4 Å². The summed E-state index contributed by atoms with van der Waals surface area (Å²) in [6, 6.07) is 6.64. The molecule has 6 radical (unpaired) electrons. The van der Waals surface area contributed by atoms with Crippen molar-refractivity contribution >= 4 is 58.5 Å². The molecule has 0 spiro atoms. The van der Waals surface area contributed by atoms with Gasteiger partial charge in [-0.05, 0) is 31.9 Å². The van der Waals surface area contributed by atoms with Gasteiger partial charge in [-0.25, -0.2) is 4.98 Å². The Morgan fingerprint density at radius 2 is 1.84 bits per heavy atom. The number of carbonyl (C=O) groups is 3. The molecule has 13 nitrogen and oxygen atoms in total. The number of anilines is 3. The molecular formula is C28H31B3N8O5. The first-order valence-corrected chi connectivity index (χ1v) is 14.2. The number of pyridine rings is 1. The number of nitrogens with one attached hydrogen (secondary N) is 3. The zero-order chi connectivity index (χ0) is 31.6. The van der Waals surface area contributed by atoms with Crippen LogP contribution in [-0.4, -0.2) is 105 Å². The van der Waals surface area contributed by atoms with Crippen LogP contribution in [0.3, 0.4) is 0 Å². The molecule has 1 atom stereocenters. The third-order valence-electron chi connectivity index (χ3n) is 7.52. The predicted molar refractivity (Wildman–Crippen MR) is 165 cm³/mol. The molecule has 1 aliphatic carbocycles. The van der Waals surface area contributed by atoms with Crippen LogP contribution in [0.5, 0.6) is 5.75 Å². The highest BCUT2D eigenvalue weighted by molar-refractivity contribution is 6.60. The van der Waals surface area contributed by atoms with E-state index in [-0.39, 0.29) is 46.7 Å². The summed E-state index contributed by atoms with van der Waals surface area (Å²) in [5, 5.41) is 10.5. The number of methoxy groups -OCH3 is 1. The molecule has 3 heterocycles. The monoisotopic (exact) mass is 592 g/mol. The van der Waals surface area contributed by atoms with Gasteiger partial charge in [0.15, 0.2) is 11.6 Å². The minimum Gasteiger partial charge on any atom is -0.494 e. The Hall–Kier alpha value is -4.33. The summed E-state index contributed by atoms with van der Waals surface area (Å²) < 4.78 is 11.4. The van der Waals surface area contributed by atoms with Crippen LogP contribution in [0.2, 0.25) is 0 Å². The summed E-state index contributed by atoms with van der Waals surface area (Å²) in [7, 11) is 18.3. The van der Waals surface area contributed by atoms with E-state index in [1.54, 1.807) is 25.1 Å². The van der Waals surface area contributed by atoms with Crippen molar-refractivity contribution in [2.45, 2.75) is 38.0 Å². The van der Waals surface area contributed by atoms with Crippen molar-refractivity contribution in [1.29, 1.82) is 0 Å². The van der Waals surface area contributed by atoms with E-state index >= 15 is 0 Å². The maximum absolute atomic E-state index is 13.0. The van der Waals surface area contributed by atoms with Crippen molar-refractivity contribution in [3.05, 3.63) is 41.9 Å². The molecule has 1 unspecified atom stereocenters. The van der Waals surface area contributed by atoms with E-state index in [1.807, 2.05) is 11.8 Å². The van der Waals surface area contributed by atoms with Crippen LogP contribution in [0.25, 0.3) is 11.5 Å². The van der Waals surface area contributed by atoms with Crippen molar-refractivity contribution in [3.8, 4) is 17.2 Å². The van der Waals surface area contributed by atoms with Crippen molar-refractivity contribution in [2.75, 3.05) is 43.9 Å². The molecule has 2 fully saturated rings. The summed E-state index contributed by atoms with van der Waals surface area (Å²) >= 11 is 0. The fourth-order valence-corrected chi connectivity index (χ4v) is 4.92. The van der Waals surface area contributed by atoms with E-state index in [4.69, 9.17) is 32.8 Å². The van der Waals surface area contributed by atoms with Crippen LogP contribution in [0.4, 0.5) is 17.2 Å². The molecule has 2 aromatic heterocycles. The lowest BCUT2D eigenvalue weighted by atomic mass is 9.49. The van der Waals surface area contributed by atoms with Gasteiger partial charge in [0.2, 0.25) is 11.8 Å². The number of ether oxygens (including phenoxy) is 1. The zero-order valence-electron chi connectivity index (χ0n) is 24.8. The average molecular weight is 592 g/mol. The Morgan fingerprint density at radius 3 is 2.48 bits per heavy atom. The SMILES string of the molecule is [B]C([B])([B])NC(=O)c1cnc(NC(=O)C2CC2)cc1Nc1cccc(-c2nc(C(C)N3CCN(C(C)=O)CC3)no2)c1OC. The molecule has 1 aromatic carbocycles. The minimum absolute atomic E-state index is 0.0486. The number of hydrogen-bond acceptors (Lipinski definition) is 10. The van der Waals surface area contributed by atoms with Crippen LogP contribution in [0.15, 0.2) is 35.0 Å². The Kier molecular flexibility index (Phi) is 9.00. The van der Waals surface area contributed by atoms with Gasteiger partial charge >= 0.3 is 0 Å². The van der Waals surface area contributed by atoms with Gasteiger partial charge in [0.05, 0.1) is 59.2 Å². The van der Waals surface area contributed by atoms with Crippen LogP contribution >= 0.6 is 0 Å². The van der Waals surface area contributed by atoms with Gasteiger partial charge in [-0.1, -0.05) is 16.5 Å². The van der Waals surface area contributed by atoms with E-state index in [0.29, 0.717) is 49.0 Å². The Bertz CT molecular complexity index is 1550. The highest BCUT2D eigenvalue weighted by Gasteiger charge is 2.31. The second kappa shape index (κ2) is 12.7. The largest absolute Gasteiger partial charge is 0.494 e. The molecule has 3 N–H and O–H groups in total. The van der Waals surface area contributed by atoms with Gasteiger partial charge in [0.1, 0.15) is 5.82 Å². The first-order chi connectivity index (χ1) is 20.9. The van der Waals surface area contributed by atoms with Gasteiger partial charge in [-0.2, -0.15) is 4.98 Å². The molecule has 16 heteroatoms. The quantitative estimate of drug-likeness (QED) is 0.294. The second-order valence-electron chi connectivity index (χ2n) is 11.0. The standard InChI is InChI=1S/C28H31B3N8O5/c1-15(38-9-11-39(12-10-38)16(2)40)24-35-27(44-37-24)18-5-4-6-20(23(18)43-3)33-21-13-22(34-25(41)17-7-8-17)32-14-19(21)26(42)36-28(29,30)31/h4-6,13-15,17H,7-12H2,1-3H3,(H,36,42)(H2,32,33,34,41). The highest BCUT2D eigenvalue weighted by atomic mass is 16.5. The number of piperazine rings is 1. The smallest absolute Gasteiger partial charge is 0.261 e. The van der Waals surface area contributed by atoms with Gasteiger partial charge in [-0.15, -0.1) is 0 Å². The summed E-state index contributed by atoms with van der Waals surface area (Å²) in [6.07, 6.45) is 2.92. The van der Waals surface area contributed by atoms with Crippen LogP contribution in [0, 0.1) is 5.92 Å². The lowest BCUT2D eigenvalue weighted by Crippen LogP contribution is -2.50. The molecule has 0 bridgehead atoms. The maximum Gasteiger partial charge on any atom is 0.261 e. The third-order valence-corrected chi connectivity index (χ3v) is 7.52. The van der Waals surface area contributed by atoms with Gasteiger partial charge < -0.3 is 30.1 Å². The molecule has 1 saturated heterocycles. The van der Waals surface area contributed by atoms with Crippen LogP contribution < -0.4 is 20.7 Å². The van der Waals surface area contributed by atoms with Crippen molar-refractivity contribution < 1.29 is 23.6 Å². The summed E-state index contributed by atoms with van der Waals surface area (Å²) in [5.74, 6) is 0.513. The highest BCUT2D eigenvalue weighted by Crippen LogP contribution is 2.39. The number of nitrogens with zero attached hydrogens (tertiary/aromatic N) is 5. The van der Waals surface area contributed by atoms with E-state index in [1.165, 1.54) is 19.4 Å². The van der Waals surface area contributed by atoms with Gasteiger partial charge in [0, 0.05) is 51.3 Å². The number of hydrogen-bond donors (Lipinski definition) is 3. The average Bonchev–Trinajstić information content (AvgIpc) is 3.72. The van der Waals surface area contributed by atoms with E-state index in [0.717, 1.165) is 12.8 Å². The molecule has 44 heavy (non-hydrogen) atoms. The molecule has 5 rings (SSSR count). The molecule has 1 aliphatic heterocycles. The number of benzene rings is 1. The van der Waals surface area contributed by atoms with Crippen LogP contribution in [0.1, 0.15) is 48.9 Å². The zero-order valence-corrected chi connectivity index (χ0v) is 24.8. The van der Waals surface area contributed by atoms with Crippen molar-refractivity contribution in [1.82, 2.24) is 30.2 Å². The lowest BCUT2D eigenvalue weighted by Gasteiger charge is -2.36. The number of carbonyl (C=O) groups excluding carboxylic acids is 3. The third kappa shape index (κ3) is 7.24. The fourth-order valence-electron chi connectivity index (χ4n) is 4.92. The molecule has 3 aromatic rings. The summed E-state index contributed by atoms with van der Waals surface area (Å²) in [6.45, 7) is 6.21. The van der Waals surface area contributed by atoms with E-state index in [2.05, 4.69) is 36.0 Å². The normalized spacial score (nSPS) is 16.2. The molecule has 1 saturated carbocycles. The van der Waals surface area contributed by atoms with Crippen molar-refractivity contribution in [2.24, 2.45) is 5.92 Å². The molecule has 222 valence electrons. The number of para-hydroxylation sites is 1. The fraction of sp³-hybridized carbons (Fsp3) is 0.429. The Balaban J connectivity index is 1.41. The van der Waals surface area contributed by atoms with Gasteiger partial charge in [0.25, 0.3) is 11.8 Å². The topological polar surface area (TPSA) is 155 Å². The first-order valence-electron chi connectivity index (χ1n) is 14.2. The van der Waals surface area contributed by atoms with Crippen molar-refractivity contribution in [3.63, 3.8) is 0 Å². The number of aromatic nitrogens is 3. The molecule has 2 aliphatic rings. The molecular weight excluding hydrogens is 561 g/mol. The van der Waals surface area contributed by atoms with E-state index < -0.39 is 11.1 Å². The number of rotatable bonds is 10.